The maximum absolute atomic E-state index is 11.3. The van der Waals surface area contributed by atoms with Crippen LogP contribution in [0, 0.1) is 5.92 Å². The first-order chi connectivity index (χ1) is 8.50. The Morgan fingerprint density at radius 1 is 1.47 bits per heavy atom. The van der Waals surface area contributed by atoms with Gasteiger partial charge < -0.3 is 19.1 Å². The van der Waals surface area contributed by atoms with E-state index in [1.807, 2.05) is 14.8 Å². The molecule has 110 valence electrons. The Bertz CT molecular complexity index is 342. The van der Waals surface area contributed by atoms with Crippen molar-refractivity contribution < 1.29 is 19.1 Å². The lowest BCUT2D eigenvalue weighted by Gasteiger charge is -2.40. The van der Waals surface area contributed by atoms with Gasteiger partial charge in [0, 0.05) is 5.92 Å². The highest BCUT2D eigenvalue weighted by molar-refractivity contribution is 6.74. The average Bonchev–Trinajstić information content (AvgIpc) is 2.52. The minimum atomic E-state index is -1.92. The van der Waals surface area contributed by atoms with Gasteiger partial charge >= 0.3 is 0 Å². The molecule has 1 fully saturated rings. The molecule has 1 aliphatic rings. The molecule has 1 saturated heterocycles. The lowest BCUT2D eigenvalue weighted by atomic mass is 9.84. The van der Waals surface area contributed by atoms with E-state index < -0.39 is 13.9 Å². The molecule has 0 bridgehead atoms. The average molecular weight is 286 g/mol. The summed E-state index contributed by atoms with van der Waals surface area (Å²) < 4.78 is 12.1. The van der Waals surface area contributed by atoms with E-state index in [0.29, 0.717) is 0 Å². The van der Waals surface area contributed by atoms with E-state index in [0.717, 1.165) is 6.29 Å². The van der Waals surface area contributed by atoms with E-state index in [1.165, 1.54) is 0 Å². The van der Waals surface area contributed by atoms with Crippen molar-refractivity contribution in [1.29, 1.82) is 0 Å². The number of hydrogen-bond donors (Lipinski definition) is 1. The maximum Gasteiger partial charge on any atom is 0.192 e. The standard InChI is InChI=1S/C13H27BO4Si/c1-9-10(18-19(5,6)12(2,3)4)11(14)17-13(9,7-15)8-16/h7,9-11,16H,8,14H2,1-6H3/t9-,10+,11+,13-/m0/s1. The molecule has 1 aliphatic heterocycles. The molecule has 4 atom stereocenters. The van der Waals surface area contributed by atoms with Crippen molar-refractivity contribution in [2.24, 2.45) is 5.92 Å². The fourth-order valence-corrected chi connectivity index (χ4v) is 3.70. The van der Waals surface area contributed by atoms with Gasteiger partial charge in [-0.3, -0.25) is 0 Å². The second-order valence-electron chi connectivity index (χ2n) is 7.19. The Hall–Kier alpha value is -0.168. The normalized spacial score (nSPS) is 36.5. The van der Waals surface area contributed by atoms with E-state index in [4.69, 9.17) is 9.16 Å². The Kier molecular flexibility index (Phi) is 4.72. The lowest BCUT2D eigenvalue weighted by molar-refractivity contribution is -0.135. The van der Waals surface area contributed by atoms with Gasteiger partial charge in [-0.05, 0) is 18.1 Å². The van der Waals surface area contributed by atoms with Crippen LogP contribution in [0.5, 0.6) is 0 Å². The van der Waals surface area contributed by atoms with Crippen molar-refractivity contribution in [2.45, 2.75) is 63.5 Å². The van der Waals surface area contributed by atoms with Crippen LogP contribution in [0.25, 0.3) is 0 Å². The predicted molar refractivity (Wildman–Crippen MR) is 80.5 cm³/mol. The molecule has 1 rings (SSSR count). The van der Waals surface area contributed by atoms with E-state index in [9.17, 15) is 9.90 Å². The first-order valence-corrected chi connectivity index (χ1v) is 9.84. The van der Waals surface area contributed by atoms with Crippen LogP contribution in [0.15, 0.2) is 0 Å². The fraction of sp³-hybridized carbons (Fsp3) is 0.923. The zero-order valence-electron chi connectivity index (χ0n) is 13.2. The lowest BCUT2D eigenvalue weighted by Crippen LogP contribution is -2.49. The zero-order chi connectivity index (χ0) is 15.1. The molecule has 4 nitrogen and oxygen atoms in total. The highest BCUT2D eigenvalue weighted by Gasteiger charge is 2.54. The first-order valence-electron chi connectivity index (χ1n) is 6.93. The highest BCUT2D eigenvalue weighted by atomic mass is 28.4. The molecule has 6 heteroatoms. The highest BCUT2D eigenvalue weighted by Crippen LogP contribution is 2.42. The van der Waals surface area contributed by atoms with Gasteiger partial charge in [-0.25, -0.2) is 0 Å². The van der Waals surface area contributed by atoms with Crippen molar-refractivity contribution >= 4 is 22.4 Å². The van der Waals surface area contributed by atoms with Gasteiger partial charge in [0.05, 0.1) is 18.7 Å². The number of ether oxygens (including phenoxy) is 1. The Labute approximate surface area is 118 Å². The van der Waals surface area contributed by atoms with E-state index >= 15 is 0 Å². The Balaban J connectivity index is 2.95. The van der Waals surface area contributed by atoms with Crippen LogP contribution < -0.4 is 0 Å². The van der Waals surface area contributed by atoms with Crippen LogP contribution in [-0.4, -0.2) is 51.9 Å². The van der Waals surface area contributed by atoms with Crippen molar-refractivity contribution in [2.75, 3.05) is 6.61 Å². The Morgan fingerprint density at radius 3 is 2.32 bits per heavy atom. The predicted octanol–water partition coefficient (Wildman–Crippen LogP) is 0.932. The number of rotatable bonds is 4. The van der Waals surface area contributed by atoms with Gasteiger partial charge in [0.2, 0.25) is 0 Å². The topological polar surface area (TPSA) is 55.8 Å². The summed E-state index contributed by atoms with van der Waals surface area (Å²) in [7, 11) is -0.00722. The molecule has 0 aliphatic carbocycles. The molecule has 0 amide bonds. The number of aldehydes is 1. The van der Waals surface area contributed by atoms with Gasteiger partial charge in [-0.15, -0.1) is 0 Å². The van der Waals surface area contributed by atoms with Crippen LogP contribution in [0.4, 0.5) is 0 Å². The second-order valence-corrected chi connectivity index (χ2v) is 11.9. The van der Waals surface area contributed by atoms with Crippen LogP contribution in [-0.2, 0) is 14.0 Å². The zero-order valence-corrected chi connectivity index (χ0v) is 14.2. The molecule has 0 aromatic rings. The third-order valence-corrected chi connectivity index (χ3v) is 9.29. The van der Waals surface area contributed by atoms with Crippen LogP contribution in [0.2, 0.25) is 18.1 Å². The molecule has 0 unspecified atom stereocenters. The molecule has 19 heavy (non-hydrogen) atoms. The summed E-state index contributed by atoms with van der Waals surface area (Å²) in [6, 6.07) is -0.179. The number of aliphatic hydroxyl groups is 1. The van der Waals surface area contributed by atoms with Crippen LogP contribution >= 0.6 is 0 Å². The third-order valence-electron chi connectivity index (χ3n) is 4.82. The minimum absolute atomic E-state index is 0.109. The van der Waals surface area contributed by atoms with Gasteiger partial charge in [0.1, 0.15) is 7.85 Å². The van der Waals surface area contributed by atoms with Gasteiger partial charge in [0.15, 0.2) is 20.2 Å². The molecule has 0 spiro atoms. The summed E-state index contributed by atoms with van der Waals surface area (Å²) >= 11 is 0. The van der Waals surface area contributed by atoms with Crippen LogP contribution in [0.1, 0.15) is 27.7 Å². The van der Waals surface area contributed by atoms with E-state index in [1.54, 1.807) is 0 Å². The number of hydrogen-bond acceptors (Lipinski definition) is 4. The molecular formula is C13H27BO4Si. The second kappa shape index (κ2) is 5.31. The molecule has 1 heterocycles. The smallest absolute Gasteiger partial charge is 0.192 e. The summed E-state index contributed by atoms with van der Waals surface area (Å²) in [6.07, 6.45) is 0.585. The molecule has 1 N–H and O–H groups in total. The Morgan fingerprint density at radius 2 is 2.00 bits per heavy atom. The monoisotopic (exact) mass is 286 g/mol. The van der Waals surface area contributed by atoms with Crippen molar-refractivity contribution in [3.63, 3.8) is 0 Å². The van der Waals surface area contributed by atoms with Crippen molar-refractivity contribution in [3.05, 3.63) is 0 Å². The molecular weight excluding hydrogens is 259 g/mol. The number of carbonyl (C=O) groups excluding carboxylic acids is 1. The van der Waals surface area contributed by atoms with Crippen molar-refractivity contribution in [3.8, 4) is 0 Å². The fourth-order valence-electron chi connectivity index (χ4n) is 2.27. The van der Waals surface area contributed by atoms with E-state index in [2.05, 4.69) is 33.9 Å². The molecule has 0 aromatic heterocycles. The summed E-state index contributed by atoms with van der Waals surface area (Å²) in [5.41, 5.74) is -1.10. The molecule has 0 saturated carbocycles. The third kappa shape index (κ3) is 2.96. The first kappa shape index (κ1) is 16.9. The van der Waals surface area contributed by atoms with Gasteiger partial charge in [0.25, 0.3) is 0 Å². The largest absolute Gasteiger partial charge is 0.412 e. The summed E-state index contributed by atoms with van der Waals surface area (Å²) in [6.45, 7) is 12.6. The van der Waals surface area contributed by atoms with Crippen molar-refractivity contribution in [1.82, 2.24) is 0 Å². The summed E-state index contributed by atoms with van der Waals surface area (Å²) in [5.74, 6) is -0.140. The number of carbonyl (C=O) groups is 1. The summed E-state index contributed by atoms with van der Waals surface area (Å²) in [4.78, 5) is 11.3. The molecule has 0 aromatic carbocycles. The van der Waals surface area contributed by atoms with Gasteiger partial charge in [-0.2, -0.15) is 0 Å². The quantitative estimate of drug-likeness (QED) is 0.617. The minimum Gasteiger partial charge on any atom is -0.412 e. The summed E-state index contributed by atoms with van der Waals surface area (Å²) in [5, 5.41) is 9.59. The molecule has 0 radical (unpaired) electrons. The van der Waals surface area contributed by atoms with E-state index in [-0.39, 0.29) is 29.7 Å². The number of aliphatic hydroxyl groups excluding tert-OH is 1. The van der Waals surface area contributed by atoms with Gasteiger partial charge in [-0.1, -0.05) is 27.7 Å². The SMILES string of the molecule is B[C@@H]1O[C@@](C=O)(CO)[C@@H](C)[C@H]1O[Si](C)(C)C(C)(C)C. The van der Waals surface area contributed by atoms with Crippen LogP contribution in [0.3, 0.4) is 0 Å². The maximum atomic E-state index is 11.3.